The largest absolute Gasteiger partial charge is 0.325 e. The van der Waals surface area contributed by atoms with Gasteiger partial charge < -0.3 is 5.32 Å². The molecule has 5 rings (SSSR count). The number of aromatic nitrogens is 1. The van der Waals surface area contributed by atoms with Crippen LogP contribution in [-0.2, 0) is 14.4 Å². The smallest absolute Gasteiger partial charge is 0.234 e. The molecule has 0 radical (unpaired) electrons. The van der Waals surface area contributed by atoms with Gasteiger partial charge in [-0.2, -0.15) is 0 Å². The van der Waals surface area contributed by atoms with E-state index in [1.54, 1.807) is 24.5 Å². The van der Waals surface area contributed by atoms with Crippen molar-refractivity contribution in [2.24, 2.45) is 23.7 Å². The lowest BCUT2D eigenvalue weighted by molar-refractivity contribution is -0.144. The Morgan fingerprint density at radius 1 is 1.13 bits per heavy atom. The summed E-state index contributed by atoms with van der Waals surface area (Å²) < 4.78 is 0.832. The van der Waals surface area contributed by atoms with Crippen LogP contribution in [0.1, 0.15) is 24.4 Å². The van der Waals surface area contributed by atoms with Crippen LogP contribution < -0.4 is 5.32 Å². The first-order valence-electron chi connectivity index (χ1n) is 10.0. The van der Waals surface area contributed by atoms with Gasteiger partial charge in [0.25, 0.3) is 0 Å². The van der Waals surface area contributed by atoms with Gasteiger partial charge in [0.1, 0.15) is 0 Å². The van der Waals surface area contributed by atoms with Crippen molar-refractivity contribution in [2.75, 3.05) is 5.32 Å². The van der Waals surface area contributed by atoms with E-state index in [1.165, 1.54) is 4.90 Å². The van der Waals surface area contributed by atoms with Gasteiger partial charge in [-0.15, -0.1) is 0 Å². The monoisotopic (exact) mass is 465 g/mol. The minimum absolute atomic E-state index is 0.00890. The maximum absolute atomic E-state index is 13.3. The summed E-state index contributed by atoms with van der Waals surface area (Å²) in [6.45, 7) is 0. The Kier molecular flexibility index (Phi) is 4.77. The number of hydrogen-bond acceptors (Lipinski definition) is 4. The van der Waals surface area contributed by atoms with Gasteiger partial charge >= 0.3 is 0 Å². The third kappa shape index (κ3) is 3.17. The van der Waals surface area contributed by atoms with Crippen LogP contribution in [0.4, 0.5) is 5.69 Å². The first-order chi connectivity index (χ1) is 14.5. The Hall–Kier alpha value is -2.80. The molecule has 6 nitrogen and oxygen atoms in total. The summed E-state index contributed by atoms with van der Waals surface area (Å²) in [5.41, 5.74) is 1.33. The standard InChI is InChI=1S/C23H20BrN3O3/c24-16-4-1-3-13(10-16)18(11-19(28)26-17-5-2-8-25-12-17)27-22(29)20-14-6-7-15(9-14)21(20)23(27)30/h1-8,10,12,14-15,18,20-21H,9,11H2,(H,26,28). The Morgan fingerprint density at radius 3 is 2.50 bits per heavy atom. The number of benzene rings is 1. The number of imide groups is 1. The first kappa shape index (κ1) is 19.2. The number of halogens is 1. The molecule has 152 valence electrons. The fraction of sp³-hybridized carbons (Fsp3) is 0.304. The van der Waals surface area contributed by atoms with Crippen molar-refractivity contribution >= 4 is 39.3 Å². The van der Waals surface area contributed by atoms with E-state index >= 15 is 0 Å². The number of fused-ring (bicyclic) bond motifs is 5. The number of likely N-dealkylation sites (tertiary alicyclic amines) is 1. The van der Waals surface area contributed by atoms with E-state index in [-0.39, 0.29) is 47.8 Å². The van der Waals surface area contributed by atoms with Gasteiger partial charge in [0, 0.05) is 10.7 Å². The van der Waals surface area contributed by atoms with Crippen molar-refractivity contribution in [1.82, 2.24) is 9.88 Å². The van der Waals surface area contributed by atoms with Gasteiger partial charge in [-0.1, -0.05) is 40.2 Å². The summed E-state index contributed by atoms with van der Waals surface area (Å²) >= 11 is 3.46. The summed E-state index contributed by atoms with van der Waals surface area (Å²) in [5.74, 6) is -0.886. The molecule has 3 aliphatic rings. The number of rotatable bonds is 5. The van der Waals surface area contributed by atoms with Crippen LogP contribution in [0.5, 0.6) is 0 Å². The normalized spacial score (nSPS) is 27.4. The summed E-state index contributed by atoms with van der Waals surface area (Å²) in [6.07, 6.45) is 8.21. The van der Waals surface area contributed by atoms with Crippen LogP contribution >= 0.6 is 15.9 Å². The molecule has 1 aromatic heterocycles. The number of anilines is 1. The SMILES string of the molecule is O=C(CC(c1cccc(Br)c1)N1C(=O)C2C3C=CC(C3)C2C1=O)Nc1cccnc1. The lowest BCUT2D eigenvalue weighted by Crippen LogP contribution is -2.38. The fourth-order valence-electron chi connectivity index (χ4n) is 5.13. The Labute approximate surface area is 182 Å². The van der Waals surface area contributed by atoms with Crippen LogP contribution in [0.3, 0.4) is 0 Å². The molecule has 2 aliphatic carbocycles. The fourth-order valence-corrected chi connectivity index (χ4v) is 5.55. The number of carbonyl (C=O) groups excluding carboxylic acids is 3. The number of allylic oxidation sites excluding steroid dienone is 2. The molecule has 0 spiro atoms. The van der Waals surface area contributed by atoms with Crippen molar-refractivity contribution in [3.05, 3.63) is 71.0 Å². The van der Waals surface area contributed by atoms with Gasteiger partial charge in [0.2, 0.25) is 17.7 Å². The summed E-state index contributed by atoms with van der Waals surface area (Å²) in [6, 6.07) is 10.3. The number of hydrogen-bond donors (Lipinski definition) is 1. The number of carbonyl (C=O) groups is 3. The van der Waals surface area contributed by atoms with Gasteiger partial charge in [-0.25, -0.2) is 0 Å². The van der Waals surface area contributed by atoms with Crippen molar-refractivity contribution in [2.45, 2.75) is 18.9 Å². The molecule has 1 aromatic carbocycles. The van der Waals surface area contributed by atoms with Crippen LogP contribution in [-0.4, -0.2) is 27.6 Å². The molecule has 5 unspecified atom stereocenters. The third-order valence-corrected chi connectivity index (χ3v) is 6.87. The van der Waals surface area contributed by atoms with Crippen LogP contribution in [0.2, 0.25) is 0 Å². The third-order valence-electron chi connectivity index (χ3n) is 6.37. The highest BCUT2D eigenvalue weighted by atomic mass is 79.9. The maximum atomic E-state index is 13.3. The molecule has 5 atom stereocenters. The first-order valence-corrected chi connectivity index (χ1v) is 10.8. The molecule has 30 heavy (non-hydrogen) atoms. The van der Waals surface area contributed by atoms with E-state index in [1.807, 2.05) is 24.3 Å². The predicted octanol–water partition coefficient (Wildman–Crippen LogP) is 3.72. The lowest BCUT2D eigenvalue weighted by atomic mass is 9.85. The zero-order valence-electron chi connectivity index (χ0n) is 16.1. The summed E-state index contributed by atoms with van der Waals surface area (Å²) in [7, 11) is 0. The van der Waals surface area contributed by atoms with Gasteiger partial charge in [0.15, 0.2) is 0 Å². The van der Waals surface area contributed by atoms with Gasteiger partial charge in [-0.3, -0.25) is 24.3 Å². The summed E-state index contributed by atoms with van der Waals surface area (Å²) in [5, 5.41) is 2.82. The molecule has 2 aromatic rings. The molecule has 2 heterocycles. The quantitative estimate of drug-likeness (QED) is 0.538. The highest BCUT2D eigenvalue weighted by molar-refractivity contribution is 9.10. The van der Waals surface area contributed by atoms with Crippen LogP contribution in [0.15, 0.2) is 65.4 Å². The van der Waals surface area contributed by atoms with E-state index in [9.17, 15) is 14.4 Å². The summed E-state index contributed by atoms with van der Waals surface area (Å²) in [4.78, 5) is 44.9. The zero-order valence-corrected chi connectivity index (χ0v) is 17.7. The van der Waals surface area contributed by atoms with Crippen molar-refractivity contribution in [3.8, 4) is 0 Å². The molecule has 1 saturated carbocycles. The van der Waals surface area contributed by atoms with E-state index in [0.29, 0.717) is 5.69 Å². The van der Waals surface area contributed by atoms with Crippen molar-refractivity contribution < 1.29 is 14.4 Å². The molecule has 2 bridgehead atoms. The molecule has 3 amide bonds. The minimum atomic E-state index is -0.649. The van der Waals surface area contributed by atoms with Crippen molar-refractivity contribution in [1.29, 1.82) is 0 Å². The highest BCUT2D eigenvalue weighted by Crippen LogP contribution is 2.54. The van der Waals surface area contributed by atoms with Crippen LogP contribution in [0, 0.1) is 23.7 Å². The van der Waals surface area contributed by atoms with E-state index < -0.39 is 6.04 Å². The predicted molar refractivity (Wildman–Crippen MR) is 114 cm³/mol. The second-order valence-electron chi connectivity index (χ2n) is 8.11. The zero-order chi connectivity index (χ0) is 20.8. The Bertz CT molecular complexity index is 1020. The van der Waals surface area contributed by atoms with E-state index in [4.69, 9.17) is 0 Å². The van der Waals surface area contributed by atoms with Gasteiger partial charge in [0.05, 0.1) is 36.2 Å². The van der Waals surface area contributed by atoms with Crippen molar-refractivity contribution in [3.63, 3.8) is 0 Å². The van der Waals surface area contributed by atoms with Gasteiger partial charge in [-0.05, 0) is 48.1 Å². The molecule has 1 aliphatic heterocycles. The second-order valence-corrected chi connectivity index (χ2v) is 9.03. The Balaban J connectivity index is 1.45. The topological polar surface area (TPSA) is 79.4 Å². The maximum Gasteiger partial charge on any atom is 0.234 e. The average molecular weight is 466 g/mol. The number of pyridine rings is 1. The van der Waals surface area contributed by atoms with E-state index in [2.05, 4.69) is 38.4 Å². The molecular formula is C23H20BrN3O3. The molecule has 1 saturated heterocycles. The number of nitrogens with one attached hydrogen (secondary N) is 1. The molecule has 1 N–H and O–H groups in total. The average Bonchev–Trinajstić information content (AvgIpc) is 3.41. The number of amides is 3. The minimum Gasteiger partial charge on any atom is -0.325 e. The molecule has 2 fully saturated rings. The van der Waals surface area contributed by atoms with Crippen LogP contribution in [0.25, 0.3) is 0 Å². The lowest BCUT2D eigenvalue weighted by Gasteiger charge is -2.28. The highest BCUT2D eigenvalue weighted by Gasteiger charge is 2.60. The molecule has 7 heteroatoms. The van der Waals surface area contributed by atoms with E-state index in [0.717, 1.165) is 16.5 Å². The molecular weight excluding hydrogens is 446 g/mol. The number of nitrogens with zero attached hydrogens (tertiary/aromatic N) is 2. The second kappa shape index (κ2) is 7.47. The Morgan fingerprint density at radius 2 is 1.87 bits per heavy atom.